The van der Waals surface area contributed by atoms with Gasteiger partial charge >= 0.3 is 6.18 Å². The number of alkyl halides is 3. The Bertz CT molecular complexity index is 470. The summed E-state index contributed by atoms with van der Waals surface area (Å²) in [5.74, 6) is 1.16. The molecule has 2 rings (SSSR count). The van der Waals surface area contributed by atoms with Gasteiger partial charge in [-0.25, -0.2) is 0 Å². The largest absolute Gasteiger partial charge is 0.416 e. The van der Waals surface area contributed by atoms with Crippen LogP contribution in [0.5, 0.6) is 0 Å². The Kier molecular flexibility index (Phi) is 5.22. The first-order valence-electron chi connectivity index (χ1n) is 7.01. The van der Waals surface area contributed by atoms with Crippen molar-refractivity contribution < 1.29 is 18.3 Å². The van der Waals surface area contributed by atoms with E-state index >= 15 is 0 Å². The highest BCUT2D eigenvalue weighted by atomic mass is 32.2. The molecule has 6 heteroatoms. The minimum absolute atomic E-state index is 0.241. The van der Waals surface area contributed by atoms with E-state index in [-0.39, 0.29) is 12.1 Å². The zero-order valence-electron chi connectivity index (χ0n) is 11.9. The molecule has 0 amide bonds. The molecule has 2 nitrogen and oxygen atoms in total. The van der Waals surface area contributed by atoms with Crippen LogP contribution >= 0.6 is 11.8 Å². The SMILES string of the molecule is CC(O)(CNCC1CCCS1)c1cccc(C(F)(F)F)c1. The van der Waals surface area contributed by atoms with E-state index in [1.165, 1.54) is 25.5 Å². The second-order valence-electron chi connectivity index (χ2n) is 5.62. The summed E-state index contributed by atoms with van der Waals surface area (Å²) in [5.41, 5.74) is -1.76. The van der Waals surface area contributed by atoms with Gasteiger partial charge in [0.2, 0.25) is 0 Å². The lowest BCUT2D eigenvalue weighted by Gasteiger charge is -2.26. The number of aliphatic hydroxyl groups is 1. The summed E-state index contributed by atoms with van der Waals surface area (Å²) < 4.78 is 38.1. The number of benzene rings is 1. The minimum atomic E-state index is -4.39. The summed E-state index contributed by atoms with van der Waals surface area (Å²) in [4.78, 5) is 0. The Labute approximate surface area is 127 Å². The van der Waals surface area contributed by atoms with Crippen LogP contribution in [-0.4, -0.2) is 29.2 Å². The maximum absolute atomic E-state index is 12.7. The summed E-state index contributed by atoms with van der Waals surface area (Å²) in [6.07, 6.45) is -2.02. The number of nitrogens with one attached hydrogen (secondary N) is 1. The molecule has 1 aromatic rings. The monoisotopic (exact) mass is 319 g/mol. The molecule has 1 heterocycles. The highest BCUT2D eigenvalue weighted by molar-refractivity contribution is 8.00. The topological polar surface area (TPSA) is 32.3 Å². The minimum Gasteiger partial charge on any atom is -0.384 e. The van der Waals surface area contributed by atoms with Crippen molar-refractivity contribution in [3.05, 3.63) is 35.4 Å². The standard InChI is InChI=1S/C15H20F3NOS/c1-14(20,10-19-9-13-6-3-7-21-13)11-4-2-5-12(8-11)15(16,17)18/h2,4-5,8,13,19-20H,3,6-7,9-10H2,1H3. The van der Waals surface area contributed by atoms with Crippen LogP contribution in [0.2, 0.25) is 0 Å². The second kappa shape index (κ2) is 6.58. The van der Waals surface area contributed by atoms with Crippen molar-refractivity contribution >= 4 is 11.8 Å². The lowest BCUT2D eigenvalue weighted by Crippen LogP contribution is -2.38. The van der Waals surface area contributed by atoms with E-state index in [9.17, 15) is 18.3 Å². The van der Waals surface area contributed by atoms with Crippen LogP contribution < -0.4 is 5.32 Å². The number of rotatable bonds is 5. The van der Waals surface area contributed by atoms with Crippen molar-refractivity contribution in [3.8, 4) is 0 Å². The fourth-order valence-corrected chi connectivity index (χ4v) is 3.65. The Morgan fingerprint density at radius 1 is 1.33 bits per heavy atom. The van der Waals surface area contributed by atoms with Crippen LogP contribution in [0.4, 0.5) is 13.2 Å². The number of halogens is 3. The van der Waals surface area contributed by atoms with Crippen LogP contribution in [0.1, 0.15) is 30.9 Å². The summed E-state index contributed by atoms with van der Waals surface area (Å²) >= 11 is 1.90. The van der Waals surface area contributed by atoms with E-state index in [0.717, 1.165) is 30.9 Å². The first-order chi connectivity index (χ1) is 9.79. The molecule has 118 valence electrons. The molecule has 21 heavy (non-hydrogen) atoms. The molecule has 1 aliphatic rings. The fraction of sp³-hybridized carbons (Fsp3) is 0.600. The van der Waals surface area contributed by atoms with Gasteiger partial charge < -0.3 is 10.4 Å². The molecule has 1 saturated heterocycles. The van der Waals surface area contributed by atoms with Crippen molar-refractivity contribution in [1.29, 1.82) is 0 Å². The van der Waals surface area contributed by atoms with Crippen molar-refractivity contribution in [2.45, 2.75) is 36.8 Å². The van der Waals surface area contributed by atoms with Gasteiger partial charge in [0.25, 0.3) is 0 Å². The van der Waals surface area contributed by atoms with Gasteiger partial charge in [-0.1, -0.05) is 12.1 Å². The molecular weight excluding hydrogens is 299 g/mol. The predicted octanol–water partition coefficient (Wildman–Crippen LogP) is 3.40. The molecule has 0 spiro atoms. The molecule has 0 bridgehead atoms. The van der Waals surface area contributed by atoms with Crippen LogP contribution in [0.25, 0.3) is 0 Å². The van der Waals surface area contributed by atoms with Gasteiger partial charge in [-0.2, -0.15) is 24.9 Å². The van der Waals surface area contributed by atoms with E-state index in [1.54, 1.807) is 0 Å². The van der Waals surface area contributed by atoms with E-state index in [2.05, 4.69) is 5.32 Å². The van der Waals surface area contributed by atoms with Crippen LogP contribution in [-0.2, 0) is 11.8 Å². The maximum atomic E-state index is 12.7. The summed E-state index contributed by atoms with van der Waals surface area (Å²) in [7, 11) is 0. The molecule has 0 aromatic heterocycles. The average Bonchev–Trinajstić information content (AvgIpc) is 2.91. The third kappa shape index (κ3) is 4.63. The molecule has 1 aliphatic heterocycles. The zero-order chi connectivity index (χ0) is 15.5. The highest BCUT2D eigenvalue weighted by Gasteiger charge is 2.32. The van der Waals surface area contributed by atoms with Crippen molar-refractivity contribution in [2.75, 3.05) is 18.8 Å². The van der Waals surface area contributed by atoms with Crippen LogP contribution in [0.15, 0.2) is 24.3 Å². The Morgan fingerprint density at radius 2 is 2.05 bits per heavy atom. The summed E-state index contributed by atoms with van der Waals surface area (Å²) in [5, 5.41) is 14.1. The van der Waals surface area contributed by atoms with Gasteiger partial charge in [0.05, 0.1) is 11.2 Å². The first kappa shape index (κ1) is 16.6. The van der Waals surface area contributed by atoms with E-state index in [4.69, 9.17) is 0 Å². The fourth-order valence-electron chi connectivity index (χ4n) is 2.41. The zero-order valence-corrected chi connectivity index (χ0v) is 12.7. The quantitative estimate of drug-likeness (QED) is 0.872. The third-order valence-corrected chi connectivity index (χ3v) is 5.08. The van der Waals surface area contributed by atoms with Crippen molar-refractivity contribution in [3.63, 3.8) is 0 Å². The molecule has 0 saturated carbocycles. The number of hydrogen-bond donors (Lipinski definition) is 2. The van der Waals surface area contributed by atoms with E-state index in [0.29, 0.717) is 5.25 Å². The summed E-state index contributed by atoms with van der Waals surface area (Å²) in [6, 6.07) is 4.90. The van der Waals surface area contributed by atoms with Crippen LogP contribution in [0.3, 0.4) is 0 Å². The molecule has 2 unspecified atom stereocenters. The van der Waals surface area contributed by atoms with Crippen molar-refractivity contribution in [2.24, 2.45) is 0 Å². The number of thioether (sulfide) groups is 1. The lowest BCUT2D eigenvalue weighted by molar-refractivity contribution is -0.137. The third-order valence-electron chi connectivity index (χ3n) is 3.68. The molecule has 2 atom stereocenters. The van der Waals surface area contributed by atoms with Crippen LogP contribution in [0, 0.1) is 0 Å². The molecule has 1 aromatic carbocycles. The number of hydrogen-bond acceptors (Lipinski definition) is 3. The molecule has 0 aliphatic carbocycles. The van der Waals surface area contributed by atoms with Crippen molar-refractivity contribution in [1.82, 2.24) is 5.32 Å². The Morgan fingerprint density at radius 3 is 2.67 bits per heavy atom. The Hall–Kier alpha value is -0.720. The first-order valence-corrected chi connectivity index (χ1v) is 8.06. The Balaban J connectivity index is 1.97. The molecule has 1 fully saturated rings. The highest BCUT2D eigenvalue weighted by Crippen LogP contribution is 2.32. The predicted molar refractivity (Wildman–Crippen MR) is 79.4 cm³/mol. The average molecular weight is 319 g/mol. The van der Waals surface area contributed by atoms with Gasteiger partial charge in [-0.05, 0) is 43.2 Å². The molecule has 0 radical (unpaired) electrons. The van der Waals surface area contributed by atoms with E-state index < -0.39 is 17.3 Å². The summed E-state index contributed by atoms with van der Waals surface area (Å²) in [6.45, 7) is 2.56. The second-order valence-corrected chi connectivity index (χ2v) is 7.03. The van der Waals surface area contributed by atoms with Gasteiger partial charge in [0.15, 0.2) is 0 Å². The lowest BCUT2D eigenvalue weighted by atomic mass is 9.94. The maximum Gasteiger partial charge on any atom is 0.416 e. The molecular formula is C15H20F3NOS. The van der Waals surface area contributed by atoms with Gasteiger partial charge in [0.1, 0.15) is 0 Å². The van der Waals surface area contributed by atoms with E-state index in [1.807, 2.05) is 11.8 Å². The van der Waals surface area contributed by atoms with Gasteiger partial charge in [-0.3, -0.25) is 0 Å². The normalized spacial score (nSPS) is 22.2. The van der Waals surface area contributed by atoms with Gasteiger partial charge in [0, 0.05) is 18.3 Å². The smallest absolute Gasteiger partial charge is 0.384 e. The van der Waals surface area contributed by atoms with Gasteiger partial charge in [-0.15, -0.1) is 0 Å². The molecule has 2 N–H and O–H groups in total.